The van der Waals surface area contributed by atoms with Gasteiger partial charge in [-0.2, -0.15) is 0 Å². The van der Waals surface area contributed by atoms with Crippen LogP contribution in [0.4, 0.5) is 0 Å². The molecule has 4 heteroatoms. The monoisotopic (exact) mass is 284 g/mol. The van der Waals surface area contributed by atoms with Crippen LogP contribution in [0.3, 0.4) is 0 Å². The molecule has 0 N–H and O–H groups in total. The fourth-order valence-electron chi connectivity index (χ4n) is 2.03. The first-order valence-electron chi connectivity index (χ1n) is 6.80. The average molecular weight is 284 g/mol. The number of benzene rings is 2. The minimum Gasteiger partial charge on any atom is -0.497 e. The molecule has 1 aliphatic heterocycles. The summed E-state index contributed by atoms with van der Waals surface area (Å²) in [5, 5.41) is 0. The number of carbonyl (C=O) groups excluding carboxylic acids is 1. The summed E-state index contributed by atoms with van der Waals surface area (Å²) in [6.07, 6.45) is 0.135. The third kappa shape index (κ3) is 3.23. The summed E-state index contributed by atoms with van der Waals surface area (Å²) < 4.78 is 16.0. The molecule has 0 saturated carbocycles. The highest BCUT2D eigenvalue weighted by molar-refractivity contribution is 6.10. The topological polar surface area (TPSA) is 48.1 Å². The lowest BCUT2D eigenvalue weighted by atomic mass is 10.0. The van der Waals surface area contributed by atoms with E-state index in [2.05, 4.69) is 0 Å². The first-order chi connectivity index (χ1) is 10.3. The second-order valence-electron chi connectivity index (χ2n) is 4.82. The Labute approximate surface area is 123 Å². The van der Waals surface area contributed by atoms with Crippen molar-refractivity contribution < 1.29 is 19.0 Å². The van der Waals surface area contributed by atoms with E-state index in [1.54, 1.807) is 37.4 Å². The zero-order valence-electron chi connectivity index (χ0n) is 11.7. The summed E-state index contributed by atoms with van der Waals surface area (Å²) in [5.74, 6) is 1.12. The van der Waals surface area contributed by atoms with E-state index in [0.717, 1.165) is 0 Å². The van der Waals surface area contributed by atoms with E-state index in [4.69, 9.17) is 14.2 Å². The van der Waals surface area contributed by atoms with Crippen LogP contribution in [0.5, 0.6) is 11.5 Å². The smallest absolute Gasteiger partial charge is 0.196 e. The molecule has 2 aromatic rings. The SMILES string of the molecule is COc1ccc(C(=O)c2ccccc2)c(OCC2CO2)c1. The van der Waals surface area contributed by atoms with Crippen molar-refractivity contribution >= 4 is 5.78 Å². The highest BCUT2D eigenvalue weighted by Crippen LogP contribution is 2.28. The fourth-order valence-corrected chi connectivity index (χ4v) is 2.03. The maximum Gasteiger partial charge on any atom is 0.196 e. The summed E-state index contributed by atoms with van der Waals surface area (Å²) in [4.78, 5) is 12.6. The summed E-state index contributed by atoms with van der Waals surface area (Å²) in [7, 11) is 1.59. The van der Waals surface area contributed by atoms with E-state index in [1.165, 1.54) is 0 Å². The van der Waals surface area contributed by atoms with E-state index < -0.39 is 0 Å². The van der Waals surface area contributed by atoms with Crippen molar-refractivity contribution in [3.8, 4) is 11.5 Å². The molecule has 3 rings (SSSR count). The molecule has 108 valence electrons. The van der Waals surface area contributed by atoms with Gasteiger partial charge in [0.2, 0.25) is 0 Å². The van der Waals surface area contributed by atoms with Crippen LogP contribution in [-0.2, 0) is 4.74 Å². The standard InChI is InChI=1S/C17H16O4/c1-19-13-7-8-15(16(9-13)21-11-14-10-20-14)17(18)12-5-3-2-4-6-12/h2-9,14H,10-11H2,1H3. The van der Waals surface area contributed by atoms with Gasteiger partial charge in [0.05, 0.1) is 19.3 Å². The molecule has 0 aromatic heterocycles. The van der Waals surface area contributed by atoms with Gasteiger partial charge in [-0.05, 0) is 12.1 Å². The van der Waals surface area contributed by atoms with Crippen molar-refractivity contribution in [1.82, 2.24) is 0 Å². The van der Waals surface area contributed by atoms with E-state index in [9.17, 15) is 4.79 Å². The third-order valence-corrected chi connectivity index (χ3v) is 3.30. The minimum atomic E-state index is -0.0648. The molecular formula is C17H16O4. The summed E-state index contributed by atoms with van der Waals surface area (Å²) >= 11 is 0. The maximum atomic E-state index is 12.6. The average Bonchev–Trinajstić information content (AvgIpc) is 3.37. The summed E-state index contributed by atoms with van der Waals surface area (Å²) in [5.41, 5.74) is 1.16. The van der Waals surface area contributed by atoms with Gasteiger partial charge in [-0.15, -0.1) is 0 Å². The molecule has 1 heterocycles. The zero-order valence-corrected chi connectivity index (χ0v) is 11.7. The van der Waals surface area contributed by atoms with Crippen LogP contribution in [-0.4, -0.2) is 32.2 Å². The van der Waals surface area contributed by atoms with Crippen molar-refractivity contribution in [2.45, 2.75) is 6.10 Å². The molecular weight excluding hydrogens is 268 g/mol. The van der Waals surface area contributed by atoms with E-state index in [-0.39, 0.29) is 11.9 Å². The normalized spacial score (nSPS) is 16.3. The molecule has 0 bridgehead atoms. The quantitative estimate of drug-likeness (QED) is 0.604. The maximum absolute atomic E-state index is 12.6. The minimum absolute atomic E-state index is 0.0648. The Bertz CT molecular complexity index is 632. The van der Waals surface area contributed by atoms with Gasteiger partial charge in [0.25, 0.3) is 0 Å². The number of methoxy groups -OCH3 is 1. The fraction of sp³-hybridized carbons (Fsp3) is 0.235. The molecule has 0 spiro atoms. The highest BCUT2D eigenvalue weighted by Gasteiger charge is 2.24. The summed E-state index contributed by atoms with van der Waals surface area (Å²) in [6.45, 7) is 1.16. The van der Waals surface area contributed by atoms with Crippen LogP contribution in [0.2, 0.25) is 0 Å². The van der Waals surface area contributed by atoms with Crippen molar-refractivity contribution in [1.29, 1.82) is 0 Å². The lowest BCUT2D eigenvalue weighted by Crippen LogP contribution is -2.09. The van der Waals surface area contributed by atoms with E-state index in [0.29, 0.717) is 35.8 Å². The number of rotatable bonds is 6. The van der Waals surface area contributed by atoms with Gasteiger partial charge in [-0.3, -0.25) is 4.79 Å². The number of hydrogen-bond donors (Lipinski definition) is 0. The summed E-state index contributed by atoms with van der Waals surface area (Å²) in [6, 6.07) is 14.4. The second-order valence-corrected chi connectivity index (χ2v) is 4.82. The molecule has 0 radical (unpaired) electrons. The van der Waals surface area contributed by atoms with E-state index >= 15 is 0 Å². The first-order valence-corrected chi connectivity index (χ1v) is 6.80. The van der Waals surface area contributed by atoms with Gasteiger partial charge < -0.3 is 14.2 Å². The van der Waals surface area contributed by atoms with Crippen LogP contribution in [0, 0.1) is 0 Å². The van der Waals surface area contributed by atoms with Gasteiger partial charge in [-0.1, -0.05) is 30.3 Å². The van der Waals surface area contributed by atoms with E-state index in [1.807, 2.05) is 18.2 Å². The molecule has 1 fully saturated rings. The number of carbonyl (C=O) groups is 1. The first kappa shape index (κ1) is 13.6. The molecule has 0 aliphatic carbocycles. The highest BCUT2D eigenvalue weighted by atomic mass is 16.6. The second kappa shape index (κ2) is 5.97. The van der Waals surface area contributed by atoms with Gasteiger partial charge in [0.15, 0.2) is 5.78 Å². The number of ketones is 1. The Kier molecular flexibility index (Phi) is 3.88. The van der Waals surface area contributed by atoms with Gasteiger partial charge in [0.1, 0.15) is 24.2 Å². The molecule has 1 saturated heterocycles. The molecule has 1 atom stereocenters. The molecule has 0 amide bonds. The Hall–Kier alpha value is -2.33. The van der Waals surface area contributed by atoms with Gasteiger partial charge in [-0.25, -0.2) is 0 Å². The Morgan fingerprint density at radius 2 is 2.00 bits per heavy atom. The Morgan fingerprint density at radius 3 is 2.67 bits per heavy atom. The number of epoxide rings is 1. The van der Waals surface area contributed by atoms with Crippen molar-refractivity contribution in [3.05, 3.63) is 59.7 Å². The lowest BCUT2D eigenvalue weighted by molar-refractivity contribution is 0.103. The largest absolute Gasteiger partial charge is 0.497 e. The lowest BCUT2D eigenvalue weighted by Gasteiger charge is -2.11. The number of hydrogen-bond acceptors (Lipinski definition) is 4. The zero-order chi connectivity index (χ0) is 14.7. The van der Waals surface area contributed by atoms with Crippen molar-refractivity contribution in [2.24, 2.45) is 0 Å². The molecule has 4 nitrogen and oxygen atoms in total. The molecule has 1 unspecified atom stereocenters. The predicted octanol–water partition coefficient (Wildman–Crippen LogP) is 2.70. The van der Waals surface area contributed by atoms with Crippen molar-refractivity contribution in [2.75, 3.05) is 20.3 Å². The van der Waals surface area contributed by atoms with Crippen LogP contribution >= 0.6 is 0 Å². The van der Waals surface area contributed by atoms with Crippen molar-refractivity contribution in [3.63, 3.8) is 0 Å². The molecule has 1 aliphatic rings. The van der Waals surface area contributed by atoms with Gasteiger partial charge >= 0.3 is 0 Å². The van der Waals surface area contributed by atoms with Crippen LogP contribution < -0.4 is 9.47 Å². The predicted molar refractivity (Wildman–Crippen MR) is 78.1 cm³/mol. The Morgan fingerprint density at radius 1 is 1.24 bits per heavy atom. The van der Waals surface area contributed by atoms with Crippen LogP contribution in [0.1, 0.15) is 15.9 Å². The third-order valence-electron chi connectivity index (χ3n) is 3.30. The van der Waals surface area contributed by atoms with Gasteiger partial charge in [0, 0.05) is 11.6 Å². The van der Waals surface area contributed by atoms with Crippen LogP contribution in [0.25, 0.3) is 0 Å². The van der Waals surface area contributed by atoms with Crippen LogP contribution in [0.15, 0.2) is 48.5 Å². The molecule has 2 aromatic carbocycles. The number of ether oxygens (including phenoxy) is 3. The Balaban J connectivity index is 1.90. The molecule has 21 heavy (non-hydrogen) atoms.